The highest BCUT2D eigenvalue weighted by Crippen LogP contribution is 2.24. The van der Waals surface area contributed by atoms with Gasteiger partial charge >= 0.3 is 0 Å². The molecule has 0 spiro atoms. The Kier molecular flexibility index (Phi) is 4.29. The Balaban J connectivity index is 1.55. The second-order valence-electron chi connectivity index (χ2n) is 6.39. The summed E-state index contributed by atoms with van der Waals surface area (Å²) >= 11 is 0. The first-order valence-electron chi connectivity index (χ1n) is 8.38. The van der Waals surface area contributed by atoms with Gasteiger partial charge in [0.05, 0.1) is 11.6 Å². The summed E-state index contributed by atoms with van der Waals surface area (Å²) < 4.78 is 11.7. The van der Waals surface area contributed by atoms with Crippen LogP contribution in [0.3, 0.4) is 0 Å². The molecule has 1 aliphatic heterocycles. The molecule has 0 bridgehead atoms. The molecule has 0 aliphatic carbocycles. The number of pyridine rings is 1. The van der Waals surface area contributed by atoms with E-state index in [4.69, 9.17) is 9.15 Å². The molecule has 1 fully saturated rings. The Morgan fingerprint density at radius 3 is 2.88 bits per heavy atom. The average Bonchev–Trinajstić information content (AvgIpc) is 3.08. The molecule has 4 rings (SSSR count). The molecule has 3 heterocycles. The summed E-state index contributed by atoms with van der Waals surface area (Å²) in [6.45, 7) is 3.71. The fraction of sp³-hybridized carbons (Fsp3) is 0.316. The highest BCUT2D eigenvalue weighted by Gasteiger charge is 2.28. The van der Waals surface area contributed by atoms with Crippen molar-refractivity contribution >= 4 is 23.1 Å². The lowest BCUT2D eigenvalue weighted by molar-refractivity contribution is -0.0823. The van der Waals surface area contributed by atoms with Gasteiger partial charge < -0.3 is 14.1 Å². The van der Waals surface area contributed by atoms with Crippen molar-refractivity contribution in [3.05, 3.63) is 53.9 Å². The first-order valence-corrected chi connectivity index (χ1v) is 8.38. The van der Waals surface area contributed by atoms with Crippen LogP contribution in [-0.2, 0) is 4.74 Å². The van der Waals surface area contributed by atoms with Crippen molar-refractivity contribution in [2.24, 2.45) is 0 Å². The van der Waals surface area contributed by atoms with Crippen molar-refractivity contribution in [2.75, 3.05) is 20.1 Å². The molecular formula is C19H20N4O2. The van der Waals surface area contributed by atoms with Gasteiger partial charge in [-0.1, -0.05) is 24.3 Å². The number of aromatic nitrogens is 3. The van der Waals surface area contributed by atoms with Gasteiger partial charge in [0.2, 0.25) is 11.8 Å². The number of likely N-dealkylation sites (N-methyl/N-ethyl adjacent to an activating group) is 1. The second-order valence-corrected chi connectivity index (χ2v) is 6.39. The van der Waals surface area contributed by atoms with E-state index in [-0.39, 0.29) is 12.2 Å². The highest BCUT2D eigenvalue weighted by atomic mass is 16.5. The molecule has 3 aromatic rings. The number of nitrogens with zero attached hydrogens (tertiary/aromatic N) is 4. The third-order valence-electron chi connectivity index (χ3n) is 4.24. The van der Waals surface area contributed by atoms with Crippen molar-refractivity contribution in [1.29, 1.82) is 0 Å². The van der Waals surface area contributed by atoms with E-state index >= 15 is 0 Å². The maximum atomic E-state index is 5.90. The van der Waals surface area contributed by atoms with Crippen molar-refractivity contribution in [1.82, 2.24) is 20.1 Å². The molecule has 0 saturated carbocycles. The Morgan fingerprint density at radius 2 is 2.00 bits per heavy atom. The van der Waals surface area contributed by atoms with Gasteiger partial charge in [-0.05, 0) is 26.1 Å². The molecule has 0 radical (unpaired) electrons. The summed E-state index contributed by atoms with van der Waals surface area (Å²) in [6.07, 6.45) is 5.53. The summed E-state index contributed by atoms with van der Waals surface area (Å²) in [7, 11) is 2.07. The first-order chi connectivity index (χ1) is 12.2. The Hall–Kier alpha value is -2.57. The number of rotatable bonds is 3. The Morgan fingerprint density at radius 1 is 1.12 bits per heavy atom. The molecule has 1 aromatic carbocycles. The van der Waals surface area contributed by atoms with Crippen LogP contribution in [0.5, 0.6) is 0 Å². The molecule has 6 heteroatoms. The van der Waals surface area contributed by atoms with E-state index in [2.05, 4.69) is 27.1 Å². The maximum Gasteiger partial charge on any atom is 0.246 e. The van der Waals surface area contributed by atoms with Gasteiger partial charge in [-0.25, -0.2) is 0 Å². The van der Waals surface area contributed by atoms with E-state index in [0.29, 0.717) is 11.8 Å². The number of fused-ring (bicyclic) bond motifs is 1. The van der Waals surface area contributed by atoms with Crippen LogP contribution in [0.4, 0.5) is 0 Å². The van der Waals surface area contributed by atoms with Gasteiger partial charge in [-0.2, -0.15) is 0 Å². The third-order valence-corrected chi connectivity index (χ3v) is 4.24. The van der Waals surface area contributed by atoms with Crippen molar-refractivity contribution in [3.63, 3.8) is 0 Å². The Bertz CT molecular complexity index is 890. The van der Waals surface area contributed by atoms with E-state index in [9.17, 15) is 0 Å². The number of morpholine rings is 1. The highest BCUT2D eigenvalue weighted by molar-refractivity contribution is 5.89. The minimum atomic E-state index is -0.178. The van der Waals surface area contributed by atoms with Gasteiger partial charge in [0.1, 0.15) is 6.10 Å². The van der Waals surface area contributed by atoms with Gasteiger partial charge in [-0.3, -0.25) is 4.98 Å². The number of para-hydroxylation sites is 1. The molecule has 2 aromatic heterocycles. The van der Waals surface area contributed by atoms with Crippen molar-refractivity contribution in [2.45, 2.75) is 19.1 Å². The third kappa shape index (κ3) is 3.45. The zero-order chi connectivity index (χ0) is 17.2. The predicted octanol–water partition coefficient (Wildman–Crippen LogP) is 3.18. The van der Waals surface area contributed by atoms with Crippen LogP contribution >= 0.6 is 0 Å². The van der Waals surface area contributed by atoms with Gasteiger partial charge in [0, 0.05) is 36.3 Å². The average molecular weight is 336 g/mol. The maximum absolute atomic E-state index is 5.90. The molecule has 0 N–H and O–H groups in total. The largest absolute Gasteiger partial charge is 0.418 e. The lowest BCUT2D eigenvalue weighted by Gasteiger charge is -2.32. The van der Waals surface area contributed by atoms with E-state index in [1.165, 1.54) is 0 Å². The lowest BCUT2D eigenvalue weighted by Crippen LogP contribution is -2.40. The van der Waals surface area contributed by atoms with Crippen LogP contribution in [0.1, 0.15) is 30.4 Å². The number of ether oxygens (including phenoxy) is 1. The number of benzene rings is 1. The molecule has 1 saturated heterocycles. The molecule has 128 valence electrons. The fourth-order valence-corrected chi connectivity index (χ4v) is 3.17. The summed E-state index contributed by atoms with van der Waals surface area (Å²) in [5.74, 6) is 0.988. The monoisotopic (exact) mass is 336 g/mol. The zero-order valence-electron chi connectivity index (χ0n) is 14.3. The van der Waals surface area contributed by atoms with E-state index in [1.54, 1.807) is 6.20 Å². The topological polar surface area (TPSA) is 64.3 Å². The standard InChI is InChI=1S/C19H20N4O2/c1-13-11-23(2)12-16(24-13)19-22-21-17(25-19)9-8-15-6-3-5-14-7-4-10-20-18(14)15/h3-10,13,16H,11-12H2,1-2H3/b9-8+/t13-,16-/m1/s1. The summed E-state index contributed by atoms with van der Waals surface area (Å²) in [5, 5.41) is 9.36. The van der Waals surface area contributed by atoms with Gasteiger partial charge in [0.15, 0.2) is 0 Å². The quantitative estimate of drug-likeness (QED) is 0.732. The van der Waals surface area contributed by atoms with Crippen LogP contribution in [0.2, 0.25) is 0 Å². The molecule has 2 atom stereocenters. The minimum Gasteiger partial charge on any atom is -0.418 e. The molecule has 0 unspecified atom stereocenters. The Labute approximate surface area is 146 Å². The van der Waals surface area contributed by atoms with Crippen LogP contribution in [0, 0.1) is 0 Å². The van der Waals surface area contributed by atoms with Gasteiger partial charge in [0.25, 0.3) is 0 Å². The summed E-state index contributed by atoms with van der Waals surface area (Å²) in [5.41, 5.74) is 1.96. The molecular weight excluding hydrogens is 316 g/mol. The SMILES string of the molecule is C[C@@H]1CN(C)C[C@H](c2nnc(/C=C/c3cccc4cccnc34)o2)O1. The number of hydrogen-bond acceptors (Lipinski definition) is 6. The minimum absolute atomic E-state index is 0.149. The molecule has 6 nitrogen and oxygen atoms in total. The summed E-state index contributed by atoms with van der Waals surface area (Å²) in [6, 6.07) is 10.0. The van der Waals surface area contributed by atoms with Crippen molar-refractivity contribution in [3.8, 4) is 0 Å². The summed E-state index contributed by atoms with van der Waals surface area (Å²) in [4.78, 5) is 6.65. The predicted molar refractivity (Wildman–Crippen MR) is 95.8 cm³/mol. The van der Waals surface area contributed by atoms with Crippen LogP contribution in [0.25, 0.3) is 23.1 Å². The van der Waals surface area contributed by atoms with Crippen LogP contribution in [0.15, 0.2) is 40.9 Å². The van der Waals surface area contributed by atoms with Gasteiger partial charge in [-0.15, -0.1) is 10.2 Å². The van der Waals surface area contributed by atoms with Crippen molar-refractivity contribution < 1.29 is 9.15 Å². The zero-order valence-corrected chi connectivity index (χ0v) is 14.3. The molecule has 25 heavy (non-hydrogen) atoms. The first kappa shape index (κ1) is 15.9. The molecule has 1 aliphatic rings. The van der Waals surface area contributed by atoms with E-state index in [0.717, 1.165) is 29.6 Å². The molecule has 0 amide bonds. The van der Waals surface area contributed by atoms with Crippen LogP contribution < -0.4 is 0 Å². The normalized spacial score (nSPS) is 22.0. The number of hydrogen-bond donors (Lipinski definition) is 0. The fourth-order valence-electron chi connectivity index (χ4n) is 3.17. The smallest absolute Gasteiger partial charge is 0.246 e. The van der Waals surface area contributed by atoms with E-state index < -0.39 is 0 Å². The van der Waals surface area contributed by atoms with E-state index in [1.807, 2.05) is 49.4 Å². The lowest BCUT2D eigenvalue weighted by atomic mass is 10.1. The second kappa shape index (κ2) is 6.74. The van der Waals surface area contributed by atoms with Crippen LogP contribution in [-0.4, -0.2) is 46.3 Å².